The predicted molar refractivity (Wildman–Crippen MR) is 108 cm³/mol. The van der Waals surface area contributed by atoms with E-state index >= 15 is 0 Å². The molecular formula is C19H24Cl3NO2. The Bertz CT molecular complexity index is 665. The molecule has 1 N–H and O–H groups in total. The van der Waals surface area contributed by atoms with Gasteiger partial charge in [-0.1, -0.05) is 54.7 Å². The molecular weight excluding hydrogens is 381 g/mol. The fourth-order valence-corrected chi connectivity index (χ4v) is 2.80. The highest BCUT2D eigenvalue weighted by Crippen LogP contribution is 2.32. The minimum atomic E-state index is 0. The van der Waals surface area contributed by atoms with E-state index in [1.165, 1.54) is 6.42 Å². The Kier molecular flexibility index (Phi) is 10.1. The van der Waals surface area contributed by atoms with Crippen LogP contribution in [0.15, 0.2) is 36.4 Å². The van der Waals surface area contributed by atoms with Gasteiger partial charge in [0.2, 0.25) is 0 Å². The van der Waals surface area contributed by atoms with E-state index in [0.717, 1.165) is 42.1 Å². The molecule has 0 unspecified atom stereocenters. The van der Waals surface area contributed by atoms with Gasteiger partial charge >= 0.3 is 0 Å². The lowest BCUT2D eigenvalue weighted by Crippen LogP contribution is -2.15. The smallest absolute Gasteiger partial charge is 0.166 e. The average molecular weight is 405 g/mol. The van der Waals surface area contributed by atoms with Crippen molar-refractivity contribution >= 4 is 35.6 Å². The third-order valence-corrected chi connectivity index (χ3v) is 4.28. The first-order chi connectivity index (χ1) is 11.7. The van der Waals surface area contributed by atoms with Gasteiger partial charge in [0.05, 0.1) is 7.11 Å². The summed E-state index contributed by atoms with van der Waals surface area (Å²) < 4.78 is 11.5. The summed E-state index contributed by atoms with van der Waals surface area (Å²) in [6.07, 6.45) is 2.32. The van der Waals surface area contributed by atoms with Crippen molar-refractivity contribution in [3.05, 3.63) is 57.6 Å². The third kappa shape index (κ3) is 6.59. The van der Waals surface area contributed by atoms with Gasteiger partial charge in [-0.25, -0.2) is 0 Å². The average Bonchev–Trinajstić information content (AvgIpc) is 2.58. The van der Waals surface area contributed by atoms with Gasteiger partial charge in [0.1, 0.15) is 6.61 Å². The molecule has 2 aromatic rings. The van der Waals surface area contributed by atoms with E-state index in [1.807, 2.05) is 30.3 Å². The SMILES string of the molecule is CCCCNCc1cccc(OC)c1OCc1ccc(Cl)cc1Cl.Cl. The van der Waals surface area contributed by atoms with Crippen molar-refractivity contribution in [2.24, 2.45) is 0 Å². The molecule has 0 aliphatic heterocycles. The van der Waals surface area contributed by atoms with Gasteiger partial charge in [-0.15, -0.1) is 12.4 Å². The van der Waals surface area contributed by atoms with E-state index in [2.05, 4.69) is 12.2 Å². The molecule has 0 saturated carbocycles. The summed E-state index contributed by atoms with van der Waals surface area (Å²) in [5.41, 5.74) is 1.95. The Labute approximate surface area is 166 Å². The molecule has 2 rings (SSSR count). The molecule has 138 valence electrons. The van der Waals surface area contributed by atoms with Gasteiger partial charge in [-0.05, 0) is 31.2 Å². The van der Waals surface area contributed by atoms with Crippen LogP contribution in [0, 0.1) is 0 Å². The molecule has 0 aliphatic rings. The van der Waals surface area contributed by atoms with Crippen LogP contribution < -0.4 is 14.8 Å². The number of benzene rings is 2. The number of rotatable bonds is 9. The second kappa shape index (κ2) is 11.5. The largest absolute Gasteiger partial charge is 0.493 e. The second-order valence-corrected chi connectivity index (χ2v) is 6.35. The number of hydrogen-bond acceptors (Lipinski definition) is 3. The van der Waals surface area contributed by atoms with Gasteiger partial charge in [0, 0.05) is 27.7 Å². The first kappa shape index (κ1) is 21.9. The van der Waals surface area contributed by atoms with Crippen LogP contribution in [0.4, 0.5) is 0 Å². The van der Waals surface area contributed by atoms with Crippen LogP contribution >= 0.6 is 35.6 Å². The maximum absolute atomic E-state index is 6.22. The Hall–Kier alpha value is -1.13. The fourth-order valence-electron chi connectivity index (χ4n) is 2.34. The zero-order valence-electron chi connectivity index (χ0n) is 14.5. The molecule has 0 aliphatic carbocycles. The summed E-state index contributed by atoms with van der Waals surface area (Å²) in [5, 5.41) is 4.64. The number of nitrogens with one attached hydrogen (secondary N) is 1. The van der Waals surface area contributed by atoms with Crippen LogP contribution in [0.1, 0.15) is 30.9 Å². The van der Waals surface area contributed by atoms with Crippen LogP contribution in [0.25, 0.3) is 0 Å². The highest BCUT2D eigenvalue weighted by Gasteiger charge is 2.12. The lowest BCUT2D eigenvalue weighted by Gasteiger charge is -2.16. The van der Waals surface area contributed by atoms with E-state index in [1.54, 1.807) is 13.2 Å². The Morgan fingerprint density at radius 1 is 1.08 bits per heavy atom. The summed E-state index contributed by atoms with van der Waals surface area (Å²) in [4.78, 5) is 0. The lowest BCUT2D eigenvalue weighted by atomic mass is 10.1. The van der Waals surface area contributed by atoms with Crippen molar-refractivity contribution in [2.75, 3.05) is 13.7 Å². The van der Waals surface area contributed by atoms with Gasteiger partial charge in [-0.2, -0.15) is 0 Å². The molecule has 0 bridgehead atoms. The van der Waals surface area contributed by atoms with Crippen molar-refractivity contribution in [3.8, 4) is 11.5 Å². The number of unbranched alkanes of at least 4 members (excludes halogenated alkanes) is 1. The Balaban J connectivity index is 0.00000312. The molecule has 2 aromatic carbocycles. The third-order valence-electron chi connectivity index (χ3n) is 3.69. The summed E-state index contributed by atoms with van der Waals surface area (Å²) >= 11 is 12.2. The number of hydrogen-bond donors (Lipinski definition) is 1. The first-order valence-corrected chi connectivity index (χ1v) is 8.84. The first-order valence-electron chi connectivity index (χ1n) is 8.09. The maximum atomic E-state index is 6.22. The molecule has 3 nitrogen and oxygen atoms in total. The van der Waals surface area contributed by atoms with Crippen molar-refractivity contribution < 1.29 is 9.47 Å². The minimum Gasteiger partial charge on any atom is -0.493 e. The molecule has 25 heavy (non-hydrogen) atoms. The van der Waals surface area contributed by atoms with Gasteiger partial charge in [0.25, 0.3) is 0 Å². The van der Waals surface area contributed by atoms with Crippen molar-refractivity contribution in [1.82, 2.24) is 5.32 Å². The molecule has 0 aromatic heterocycles. The Morgan fingerprint density at radius 2 is 1.88 bits per heavy atom. The number of ether oxygens (including phenoxy) is 2. The number of para-hydroxylation sites is 1. The van der Waals surface area contributed by atoms with Crippen LogP contribution in [-0.2, 0) is 13.2 Å². The molecule has 0 heterocycles. The predicted octanol–water partition coefficient (Wildman–Crippen LogP) is 5.89. The zero-order chi connectivity index (χ0) is 17.4. The Morgan fingerprint density at radius 3 is 2.56 bits per heavy atom. The zero-order valence-corrected chi connectivity index (χ0v) is 16.8. The second-order valence-electron chi connectivity index (χ2n) is 5.50. The van der Waals surface area contributed by atoms with Gasteiger partial charge < -0.3 is 14.8 Å². The summed E-state index contributed by atoms with van der Waals surface area (Å²) in [6.45, 7) is 4.26. The monoisotopic (exact) mass is 403 g/mol. The summed E-state index contributed by atoms with van der Waals surface area (Å²) in [6, 6.07) is 11.3. The fraction of sp³-hybridized carbons (Fsp3) is 0.368. The van der Waals surface area contributed by atoms with E-state index in [-0.39, 0.29) is 12.4 Å². The van der Waals surface area contributed by atoms with E-state index in [9.17, 15) is 0 Å². The molecule has 0 spiro atoms. The molecule has 6 heteroatoms. The molecule has 0 atom stereocenters. The molecule has 0 fully saturated rings. The van der Waals surface area contributed by atoms with E-state index < -0.39 is 0 Å². The van der Waals surface area contributed by atoms with Crippen LogP contribution in [0.5, 0.6) is 11.5 Å². The van der Waals surface area contributed by atoms with Crippen LogP contribution in [-0.4, -0.2) is 13.7 Å². The minimum absolute atomic E-state index is 0. The van der Waals surface area contributed by atoms with E-state index in [0.29, 0.717) is 16.7 Å². The molecule has 0 radical (unpaired) electrons. The van der Waals surface area contributed by atoms with Crippen LogP contribution in [0.2, 0.25) is 10.0 Å². The normalized spacial score (nSPS) is 10.2. The van der Waals surface area contributed by atoms with E-state index in [4.69, 9.17) is 32.7 Å². The van der Waals surface area contributed by atoms with Crippen molar-refractivity contribution in [2.45, 2.75) is 32.9 Å². The van der Waals surface area contributed by atoms with Crippen molar-refractivity contribution in [1.29, 1.82) is 0 Å². The highest BCUT2D eigenvalue weighted by molar-refractivity contribution is 6.35. The quantitative estimate of drug-likeness (QED) is 0.528. The maximum Gasteiger partial charge on any atom is 0.166 e. The van der Waals surface area contributed by atoms with Crippen LogP contribution in [0.3, 0.4) is 0 Å². The standard InChI is InChI=1S/C19H23Cl2NO2.ClH/c1-3-4-10-22-12-14-6-5-7-18(23-2)19(14)24-13-15-8-9-16(20)11-17(15)21;/h5-9,11,22H,3-4,10,12-13H2,1-2H3;1H. The number of halogens is 3. The highest BCUT2D eigenvalue weighted by atomic mass is 35.5. The van der Waals surface area contributed by atoms with Gasteiger partial charge in [-0.3, -0.25) is 0 Å². The topological polar surface area (TPSA) is 30.5 Å². The lowest BCUT2D eigenvalue weighted by molar-refractivity contribution is 0.280. The molecule has 0 amide bonds. The van der Waals surface area contributed by atoms with Gasteiger partial charge in [0.15, 0.2) is 11.5 Å². The van der Waals surface area contributed by atoms with Crippen molar-refractivity contribution in [3.63, 3.8) is 0 Å². The molecule has 0 saturated heterocycles. The summed E-state index contributed by atoms with van der Waals surface area (Å²) in [5.74, 6) is 1.46. The summed E-state index contributed by atoms with van der Waals surface area (Å²) in [7, 11) is 1.64. The number of methoxy groups -OCH3 is 1.